The molecule has 45 heavy (non-hydrogen) atoms. The molecule has 2 aliphatic heterocycles. The van der Waals surface area contributed by atoms with Crippen molar-refractivity contribution in [1.29, 1.82) is 0 Å². The second-order valence-corrected chi connectivity index (χ2v) is 11.4. The molecule has 2 radical (unpaired) electrons. The minimum atomic E-state index is -0.914. The molecule has 1 amide bonds. The van der Waals surface area contributed by atoms with Crippen LogP contribution in [0.25, 0.3) is 6.08 Å². The average Bonchev–Trinajstić information content (AvgIpc) is 3.32. The lowest BCUT2D eigenvalue weighted by molar-refractivity contribution is -0.152. The first kappa shape index (κ1) is 34.2. The third kappa shape index (κ3) is 9.17. The lowest BCUT2D eigenvalue weighted by atomic mass is 9.99. The van der Waals surface area contributed by atoms with Crippen LogP contribution in [0, 0.1) is 5.92 Å². The summed E-state index contributed by atoms with van der Waals surface area (Å²) in [5.74, 6) is -1.17. The van der Waals surface area contributed by atoms with Crippen molar-refractivity contribution in [3.8, 4) is 11.5 Å². The fourth-order valence-electron chi connectivity index (χ4n) is 5.10. The van der Waals surface area contributed by atoms with Crippen LogP contribution in [-0.4, -0.2) is 87.0 Å². The summed E-state index contributed by atoms with van der Waals surface area (Å²) in [5, 5.41) is 10.9. The molecule has 1 aromatic carbocycles. The van der Waals surface area contributed by atoms with Gasteiger partial charge in [-0.05, 0) is 57.4 Å². The van der Waals surface area contributed by atoms with Gasteiger partial charge in [0.15, 0.2) is 18.4 Å². The van der Waals surface area contributed by atoms with E-state index in [1.807, 2.05) is 32.9 Å². The number of aromatic nitrogens is 1. The van der Waals surface area contributed by atoms with Crippen LogP contribution in [0.3, 0.4) is 0 Å². The highest BCUT2D eigenvalue weighted by Gasteiger charge is 2.43. The number of esters is 1. The van der Waals surface area contributed by atoms with E-state index in [-0.39, 0.29) is 37.2 Å². The SMILES string of the molecule is [B]C(=O)N(CCCOc1cc2c(c(OCOC)c1)C(=O)O[C@@H](C)[C@H](C)/C=C\C(O)C1OC(C)(C)O[C@H]1C/C=C/2)c1ccccn1. The first-order valence-corrected chi connectivity index (χ1v) is 15.0. The minimum Gasteiger partial charge on any atom is -0.493 e. The zero-order chi connectivity index (χ0) is 32.6. The van der Waals surface area contributed by atoms with E-state index in [2.05, 4.69) is 4.98 Å². The molecule has 0 aliphatic carbocycles. The van der Waals surface area contributed by atoms with E-state index in [4.69, 9.17) is 36.3 Å². The van der Waals surface area contributed by atoms with Crippen molar-refractivity contribution < 1.29 is 43.1 Å². The maximum absolute atomic E-state index is 13.6. The number of methoxy groups -OCH3 is 1. The van der Waals surface area contributed by atoms with Gasteiger partial charge in [-0.25, -0.2) is 9.78 Å². The van der Waals surface area contributed by atoms with Crippen LogP contribution in [0.2, 0.25) is 0 Å². The molecule has 1 fully saturated rings. The Kier molecular flexibility index (Phi) is 11.8. The van der Waals surface area contributed by atoms with Gasteiger partial charge in [0.25, 0.3) is 0 Å². The number of benzene rings is 1. The summed E-state index contributed by atoms with van der Waals surface area (Å²) >= 11 is 0. The summed E-state index contributed by atoms with van der Waals surface area (Å²) in [6.45, 7) is 7.71. The molecule has 3 heterocycles. The normalized spacial score (nSPS) is 26.0. The summed E-state index contributed by atoms with van der Waals surface area (Å²) < 4.78 is 35.0. The van der Waals surface area contributed by atoms with E-state index in [1.54, 1.807) is 55.6 Å². The molecule has 240 valence electrons. The molecule has 2 aliphatic rings. The Bertz CT molecular complexity index is 1370. The number of rotatable bonds is 9. The zero-order valence-corrected chi connectivity index (χ0v) is 26.4. The van der Waals surface area contributed by atoms with Gasteiger partial charge < -0.3 is 38.4 Å². The number of anilines is 1. The van der Waals surface area contributed by atoms with E-state index in [1.165, 1.54) is 12.0 Å². The molecule has 1 aromatic heterocycles. The van der Waals surface area contributed by atoms with Gasteiger partial charge in [-0.3, -0.25) is 4.79 Å². The lowest BCUT2D eigenvalue weighted by Gasteiger charge is -2.23. The number of hydrogen-bond donors (Lipinski definition) is 1. The number of amides is 1. The van der Waals surface area contributed by atoms with Gasteiger partial charge in [0, 0.05) is 31.8 Å². The molecule has 0 spiro atoms. The monoisotopic (exact) mass is 620 g/mol. The number of ether oxygens (including phenoxy) is 6. The second-order valence-electron chi connectivity index (χ2n) is 11.4. The zero-order valence-electron chi connectivity index (χ0n) is 26.4. The van der Waals surface area contributed by atoms with Gasteiger partial charge in [0.1, 0.15) is 41.2 Å². The van der Waals surface area contributed by atoms with Gasteiger partial charge in [-0.2, -0.15) is 0 Å². The Morgan fingerprint density at radius 3 is 2.69 bits per heavy atom. The molecule has 2 aromatic rings. The molecule has 5 atom stereocenters. The number of aliphatic hydroxyl groups is 1. The first-order chi connectivity index (χ1) is 21.5. The fourth-order valence-corrected chi connectivity index (χ4v) is 5.10. The lowest BCUT2D eigenvalue weighted by Crippen LogP contribution is -2.34. The van der Waals surface area contributed by atoms with Gasteiger partial charge >= 0.3 is 5.97 Å². The van der Waals surface area contributed by atoms with Gasteiger partial charge in [-0.15, -0.1) is 0 Å². The highest BCUT2D eigenvalue weighted by molar-refractivity contribution is 6.60. The summed E-state index contributed by atoms with van der Waals surface area (Å²) in [6, 6.07) is 8.56. The van der Waals surface area contributed by atoms with E-state index in [0.717, 1.165) is 0 Å². The van der Waals surface area contributed by atoms with Crippen molar-refractivity contribution in [1.82, 2.24) is 4.98 Å². The van der Waals surface area contributed by atoms with Crippen molar-refractivity contribution in [2.75, 3.05) is 32.0 Å². The molecule has 0 saturated carbocycles. The van der Waals surface area contributed by atoms with Crippen molar-refractivity contribution in [2.24, 2.45) is 5.92 Å². The van der Waals surface area contributed by atoms with Crippen LogP contribution in [0.5, 0.6) is 11.5 Å². The number of pyridine rings is 1. The number of carbonyl (C=O) groups excluding carboxylic acids is 2. The predicted molar refractivity (Wildman–Crippen MR) is 168 cm³/mol. The van der Waals surface area contributed by atoms with Gasteiger partial charge in [-0.1, -0.05) is 37.3 Å². The summed E-state index contributed by atoms with van der Waals surface area (Å²) in [4.78, 5) is 31.2. The third-order valence-electron chi connectivity index (χ3n) is 7.50. The Morgan fingerprint density at radius 1 is 1.18 bits per heavy atom. The fraction of sp³-hybridized carbons (Fsp3) is 0.485. The standard InChI is InChI=1S/C33H41BN2O9/c1-21-13-14-25(37)30-26(44-33(3,4)45-30)11-8-10-23-18-24(19-27(42-20-40-5)29(23)31(38)43-22(21)2)41-17-9-16-36(32(34)39)28-12-6-7-15-35-28/h6-8,10,12-15,18-19,21-22,25-26,30,37H,9,11,16-17,20H2,1-5H3/b10-8+,14-13-/t21-,22+,25?,26+,30?/m1/s1. The maximum Gasteiger partial charge on any atom is 0.342 e. The van der Waals surface area contributed by atoms with E-state index < -0.39 is 42.0 Å². The molecule has 1 N–H and O–H groups in total. The van der Waals surface area contributed by atoms with Crippen molar-refractivity contribution in [3.05, 3.63) is 65.9 Å². The molecule has 11 nitrogen and oxygen atoms in total. The van der Waals surface area contributed by atoms with Crippen molar-refractivity contribution in [3.63, 3.8) is 0 Å². The Morgan fingerprint density at radius 2 is 1.98 bits per heavy atom. The van der Waals surface area contributed by atoms with Gasteiger partial charge in [0.2, 0.25) is 7.85 Å². The van der Waals surface area contributed by atoms with E-state index >= 15 is 0 Å². The molecular formula is C33H41BN2O9. The predicted octanol–water partition coefficient (Wildman–Crippen LogP) is 4.66. The van der Waals surface area contributed by atoms with E-state index in [9.17, 15) is 14.7 Å². The van der Waals surface area contributed by atoms with Crippen LogP contribution in [-0.2, 0) is 18.9 Å². The number of fused-ring (bicyclic) bond motifs is 2. The molecule has 0 bridgehead atoms. The molecule has 12 heteroatoms. The number of hydrogen-bond acceptors (Lipinski definition) is 10. The quantitative estimate of drug-likeness (QED) is 0.139. The van der Waals surface area contributed by atoms with E-state index in [0.29, 0.717) is 30.0 Å². The molecule has 4 rings (SSSR count). The topological polar surface area (TPSA) is 126 Å². The number of cyclic esters (lactones) is 1. The van der Waals surface area contributed by atoms with Crippen LogP contribution >= 0.6 is 0 Å². The molecule has 2 unspecified atom stereocenters. The van der Waals surface area contributed by atoms with Crippen molar-refractivity contribution in [2.45, 2.75) is 70.7 Å². The molecule has 1 saturated heterocycles. The Balaban J connectivity index is 1.62. The second kappa shape index (κ2) is 15.5. The Hall–Kier alpha value is -3.71. The first-order valence-electron chi connectivity index (χ1n) is 15.0. The van der Waals surface area contributed by atoms with Crippen LogP contribution in [0.15, 0.2) is 54.8 Å². The van der Waals surface area contributed by atoms with Crippen molar-refractivity contribution >= 4 is 31.5 Å². The highest BCUT2D eigenvalue weighted by atomic mass is 16.8. The smallest absolute Gasteiger partial charge is 0.342 e. The summed E-state index contributed by atoms with van der Waals surface area (Å²) in [7, 11) is 7.06. The summed E-state index contributed by atoms with van der Waals surface area (Å²) in [5.41, 5.74) is 0.713. The minimum absolute atomic E-state index is 0.110. The number of nitrogens with zero attached hydrogens (tertiary/aromatic N) is 2. The van der Waals surface area contributed by atoms with Crippen LogP contribution < -0.4 is 14.4 Å². The van der Waals surface area contributed by atoms with Crippen LogP contribution in [0.4, 0.5) is 10.6 Å². The highest BCUT2D eigenvalue weighted by Crippen LogP contribution is 2.35. The maximum atomic E-state index is 13.6. The third-order valence-corrected chi connectivity index (χ3v) is 7.50. The molecular weight excluding hydrogens is 579 g/mol. The number of carbonyl (C=O) groups is 2. The largest absolute Gasteiger partial charge is 0.493 e. The Labute approximate surface area is 265 Å². The summed E-state index contributed by atoms with van der Waals surface area (Å²) in [6.07, 6.45) is 7.07. The van der Waals surface area contributed by atoms with Gasteiger partial charge in [0.05, 0.1) is 12.7 Å². The van der Waals surface area contributed by atoms with Crippen LogP contribution in [0.1, 0.15) is 56.5 Å². The average molecular weight is 621 g/mol. The number of aliphatic hydroxyl groups excluding tert-OH is 1.